The molecule has 3 aliphatic rings. The van der Waals surface area contributed by atoms with Crippen molar-refractivity contribution in [2.75, 3.05) is 0 Å². The Labute approximate surface area is 127 Å². The highest BCUT2D eigenvalue weighted by Crippen LogP contribution is 2.46. The van der Waals surface area contributed by atoms with Crippen LogP contribution in [0.2, 0.25) is 0 Å². The lowest BCUT2D eigenvalue weighted by atomic mass is 9.77. The number of hydrogen-bond acceptors (Lipinski definition) is 1. The summed E-state index contributed by atoms with van der Waals surface area (Å²) in [6, 6.07) is 10.9. The summed E-state index contributed by atoms with van der Waals surface area (Å²) in [7, 11) is 0. The van der Waals surface area contributed by atoms with Gasteiger partial charge >= 0.3 is 0 Å². The molecule has 3 aliphatic carbocycles. The van der Waals surface area contributed by atoms with E-state index in [4.69, 9.17) is 0 Å². The first-order valence-corrected chi connectivity index (χ1v) is 8.64. The third kappa shape index (κ3) is 2.20. The quantitative estimate of drug-likeness (QED) is 0.898. The summed E-state index contributed by atoms with van der Waals surface area (Å²) in [5, 5.41) is 3.45. The van der Waals surface area contributed by atoms with Crippen molar-refractivity contribution >= 4 is 5.91 Å². The molecule has 0 heterocycles. The predicted octanol–water partition coefficient (Wildman–Crippen LogP) is 3.80. The summed E-state index contributed by atoms with van der Waals surface area (Å²) in [6.45, 7) is 0. The molecule has 4 rings (SSSR count). The minimum Gasteiger partial charge on any atom is -0.352 e. The van der Waals surface area contributed by atoms with Gasteiger partial charge < -0.3 is 5.32 Å². The maximum absolute atomic E-state index is 13.1. The van der Waals surface area contributed by atoms with E-state index in [-0.39, 0.29) is 5.41 Å². The van der Waals surface area contributed by atoms with Crippen molar-refractivity contribution in [1.29, 1.82) is 0 Å². The zero-order valence-corrected chi connectivity index (χ0v) is 12.7. The summed E-state index contributed by atoms with van der Waals surface area (Å²) >= 11 is 0. The molecule has 2 bridgehead atoms. The van der Waals surface area contributed by atoms with E-state index in [9.17, 15) is 4.79 Å². The molecule has 3 fully saturated rings. The smallest absolute Gasteiger partial charge is 0.230 e. The minimum absolute atomic E-state index is 0.247. The Morgan fingerprint density at radius 2 is 1.81 bits per heavy atom. The van der Waals surface area contributed by atoms with Gasteiger partial charge in [0.15, 0.2) is 0 Å². The van der Waals surface area contributed by atoms with E-state index in [1.807, 2.05) is 6.07 Å². The van der Waals surface area contributed by atoms with E-state index in [1.54, 1.807) is 0 Å². The van der Waals surface area contributed by atoms with Gasteiger partial charge in [0.25, 0.3) is 0 Å². The number of fused-ring (bicyclic) bond motifs is 2. The second-order valence-electron chi connectivity index (χ2n) is 7.41. The van der Waals surface area contributed by atoms with Crippen LogP contribution in [0.1, 0.15) is 56.9 Å². The van der Waals surface area contributed by atoms with Crippen molar-refractivity contribution < 1.29 is 4.79 Å². The fourth-order valence-electron chi connectivity index (χ4n) is 5.11. The number of benzene rings is 1. The zero-order valence-electron chi connectivity index (χ0n) is 12.7. The molecule has 1 N–H and O–H groups in total. The number of carbonyl (C=O) groups excluding carboxylic acids is 1. The lowest BCUT2D eigenvalue weighted by Crippen LogP contribution is -2.48. The van der Waals surface area contributed by atoms with Gasteiger partial charge in [-0.2, -0.15) is 0 Å². The molecule has 3 saturated carbocycles. The molecule has 0 radical (unpaired) electrons. The molecule has 1 amide bonds. The summed E-state index contributed by atoms with van der Waals surface area (Å²) in [4.78, 5) is 13.1. The van der Waals surface area contributed by atoms with E-state index in [2.05, 4.69) is 29.6 Å². The average Bonchev–Trinajstić information content (AvgIpc) is 3.25. The predicted molar refractivity (Wildman–Crippen MR) is 84.0 cm³/mol. The second-order valence-corrected chi connectivity index (χ2v) is 7.41. The van der Waals surface area contributed by atoms with E-state index < -0.39 is 0 Å². The topological polar surface area (TPSA) is 29.1 Å². The van der Waals surface area contributed by atoms with E-state index in [0.717, 1.165) is 24.7 Å². The van der Waals surface area contributed by atoms with E-state index in [0.29, 0.717) is 11.9 Å². The first-order chi connectivity index (χ1) is 10.3. The Hall–Kier alpha value is -1.31. The normalized spacial score (nSPS) is 33.2. The minimum atomic E-state index is -0.247. The fraction of sp³-hybridized carbons (Fsp3) is 0.632. The molecule has 2 nitrogen and oxygen atoms in total. The molecule has 112 valence electrons. The highest BCUT2D eigenvalue weighted by Gasteiger charge is 2.46. The Morgan fingerprint density at radius 1 is 1.05 bits per heavy atom. The zero-order chi connectivity index (χ0) is 14.3. The van der Waals surface area contributed by atoms with Crippen molar-refractivity contribution in [1.82, 2.24) is 5.32 Å². The molecule has 3 unspecified atom stereocenters. The van der Waals surface area contributed by atoms with Crippen LogP contribution in [-0.4, -0.2) is 11.9 Å². The molecule has 0 spiro atoms. The van der Waals surface area contributed by atoms with Gasteiger partial charge in [-0.25, -0.2) is 0 Å². The van der Waals surface area contributed by atoms with Crippen LogP contribution in [0.5, 0.6) is 0 Å². The monoisotopic (exact) mass is 283 g/mol. The van der Waals surface area contributed by atoms with Gasteiger partial charge in [-0.05, 0) is 49.5 Å². The average molecular weight is 283 g/mol. The third-order valence-electron chi connectivity index (χ3n) is 6.27. The van der Waals surface area contributed by atoms with Gasteiger partial charge in [-0.3, -0.25) is 4.79 Å². The first kappa shape index (κ1) is 13.4. The molecular weight excluding hydrogens is 258 g/mol. The number of nitrogens with one attached hydrogen (secondary N) is 1. The van der Waals surface area contributed by atoms with Crippen LogP contribution < -0.4 is 5.32 Å². The highest BCUT2D eigenvalue weighted by molar-refractivity contribution is 5.88. The van der Waals surface area contributed by atoms with Gasteiger partial charge in [-0.1, -0.05) is 49.6 Å². The number of hydrogen-bond donors (Lipinski definition) is 1. The first-order valence-electron chi connectivity index (χ1n) is 8.64. The summed E-state index contributed by atoms with van der Waals surface area (Å²) in [5.74, 6) is 1.95. The Morgan fingerprint density at radius 3 is 2.43 bits per heavy atom. The van der Waals surface area contributed by atoms with Crippen LogP contribution in [0.15, 0.2) is 30.3 Å². The Kier molecular flexibility index (Phi) is 3.28. The van der Waals surface area contributed by atoms with Crippen molar-refractivity contribution in [2.24, 2.45) is 11.8 Å². The van der Waals surface area contributed by atoms with Crippen LogP contribution in [0, 0.1) is 11.8 Å². The van der Waals surface area contributed by atoms with Crippen LogP contribution in [0.3, 0.4) is 0 Å². The second kappa shape index (κ2) is 5.15. The van der Waals surface area contributed by atoms with E-state index >= 15 is 0 Å². The number of amides is 1. The molecule has 21 heavy (non-hydrogen) atoms. The Bertz CT molecular complexity index is 518. The van der Waals surface area contributed by atoms with Crippen LogP contribution >= 0.6 is 0 Å². The number of carbonyl (C=O) groups is 1. The van der Waals surface area contributed by atoms with Gasteiger partial charge in [0.1, 0.15) is 0 Å². The molecule has 2 heteroatoms. The lowest BCUT2D eigenvalue weighted by Gasteiger charge is -2.32. The molecular formula is C19H25NO. The molecule has 0 aliphatic heterocycles. The van der Waals surface area contributed by atoms with Gasteiger partial charge in [0.05, 0.1) is 5.41 Å². The highest BCUT2D eigenvalue weighted by atomic mass is 16.2. The maximum Gasteiger partial charge on any atom is 0.230 e. The van der Waals surface area contributed by atoms with Crippen molar-refractivity contribution in [3.05, 3.63) is 35.9 Å². The molecule has 0 saturated heterocycles. The van der Waals surface area contributed by atoms with Crippen LogP contribution in [0.25, 0.3) is 0 Å². The third-order valence-corrected chi connectivity index (χ3v) is 6.27. The summed E-state index contributed by atoms with van der Waals surface area (Å²) in [6.07, 6.45) is 9.69. The summed E-state index contributed by atoms with van der Waals surface area (Å²) < 4.78 is 0. The fourth-order valence-corrected chi connectivity index (χ4v) is 5.11. The molecule has 3 atom stereocenters. The van der Waals surface area contributed by atoms with Gasteiger partial charge in [-0.15, -0.1) is 0 Å². The number of rotatable bonds is 3. The van der Waals surface area contributed by atoms with E-state index in [1.165, 1.54) is 44.1 Å². The lowest BCUT2D eigenvalue weighted by molar-refractivity contribution is -0.127. The van der Waals surface area contributed by atoms with Crippen LogP contribution in [-0.2, 0) is 10.2 Å². The van der Waals surface area contributed by atoms with Crippen LogP contribution in [0.4, 0.5) is 0 Å². The molecule has 0 aromatic heterocycles. The SMILES string of the molecule is O=C(NC1CC2CCC1C2)C1(c2ccccc2)CCCC1. The molecule has 1 aromatic rings. The van der Waals surface area contributed by atoms with Crippen molar-refractivity contribution in [3.8, 4) is 0 Å². The molecule has 1 aromatic carbocycles. The van der Waals surface area contributed by atoms with Crippen molar-refractivity contribution in [3.63, 3.8) is 0 Å². The Balaban J connectivity index is 1.55. The van der Waals surface area contributed by atoms with Gasteiger partial charge in [0, 0.05) is 6.04 Å². The van der Waals surface area contributed by atoms with Gasteiger partial charge in [0.2, 0.25) is 5.91 Å². The van der Waals surface area contributed by atoms with Crippen molar-refractivity contribution in [2.45, 2.75) is 62.8 Å². The largest absolute Gasteiger partial charge is 0.352 e. The maximum atomic E-state index is 13.1. The summed E-state index contributed by atoms with van der Waals surface area (Å²) in [5.41, 5.74) is 0.978. The standard InChI is InChI=1S/C19H25NO/c21-18(20-17-13-14-8-9-15(17)12-14)19(10-4-5-11-19)16-6-2-1-3-7-16/h1-3,6-7,14-15,17H,4-5,8-13H2,(H,20,21).